The van der Waals surface area contributed by atoms with E-state index in [2.05, 4.69) is 30.9 Å². The van der Waals surface area contributed by atoms with Crippen LogP contribution in [0.4, 0.5) is 4.39 Å². The summed E-state index contributed by atoms with van der Waals surface area (Å²) in [6.07, 6.45) is 2.38. The zero-order chi connectivity index (χ0) is 13.1. The van der Waals surface area contributed by atoms with Crippen molar-refractivity contribution in [2.24, 2.45) is 0 Å². The molecule has 3 heteroatoms. The molecule has 1 heterocycles. The lowest BCUT2D eigenvalue weighted by Gasteiger charge is -2.32. The number of aryl methyl sites for hydroxylation is 1. The smallest absolute Gasteiger partial charge is 0.123 e. The van der Waals surface area contributed by atoms with Crippen LogP contribution in [-0.2, 0) is 0 Å². The maximum atomic E-state index is 13.1. The van der Waals surface area contributed by atoms with Crippen molar-refractivity contribution in [1.29, 1.82) is 0 Å². The Hall–Kier alpha value is -0.540. The zero-order valence-electron chi connectivity index (χ0n) is 11.4. The second kappa shape index (κ2) is 6.07. The van der Waals surface area contributed by atoms with Gasteiger partial charge in [-0.2, -0.15) is 11.8 Å². The van der Waals surface area contributed by atoms with Crippen molar-refractivity contribution in [3.63, 3.8) is 0 Å². The first kappa shape index (κ1) is 13.9. The quantitative estimate of drug-likeness (QED) is 0.886. The van der Waals surface area contributed by atoms with Crippen LogP contribution in [0.25, 0.3) is 0 Å². The van der Waals surface area contributed by atoms with E-state index in [9.17, 15) is 4.39 Å². The van der Waals surface area contributed by atoms with Crippen LogP contribution in [0, 0.1) is 12.7 Å². The average Bonchev–Trinajstić information content (AvgIpc) is 2.28. The van der Waals surface area contributed by atoms with Gasteiger partial charge in [0.2, 0.25) is 0 Å². The molecular weight excluding hydrogens is 245 g/mol. The van der Waals surface area contributed by atoms with E-state index < -0.39 is 0 Å². The minimum Gasteiger partial charge on any atom is -0.310 e. The second-order valence-corrected chi connectivity index (χ2v) is 7.22. The van der Waals surface area contributed by atoms with Gasteiger partial charge in [-0.15, -0.1) is 0 Å². The number of benzene rings is 1. The van der Waals surface area contributed by atoms with Gasteiger partial charge in [-0.25, -0.2) is 4.39 Å². The minimum atomic E-state index is -0.139. The lowest BCUT2D eigenvalue weighted by Crippen LogP contribution is -2.34. The third kappa shape index (κ3) is 3.48. The van der Waals surface area contributed by atoms with Gasteiger partial charge >= 0.3 is 0 Å². The van der Waals surface area contributed by atoms with Gasteiger partial charge in [0.05, 0.1) is 0 Å². The van der Waals surface area contributed by atoms with Crippen LogP contribution in [0.3, 0.4) is 0 Å². The molecule has 1 aromatic carbocycles. The van der Waals surface area contributed by atoms with Gasteiger partial charge < -0.3 is 5.32 Å². The highest BCUT2D eigenvalue weighted by Gasteiger charge is 2.24. The maximum absolute atomic E-state index is 13.1. The lowest BCUT2D eigenvalue weighted by molar-refractivity contribution is 0.419. The summed E-state index contributed by atoms with van der Waals surface area (Å²) in [7, 11) is 0. The van der Waals surface area contributed by atoms with Crippen LogP contribution in [0.2, 0.25) is 0 Å². The maximum Gasteiger partial charge on any atom is 0.123 e. The van der Waals surface area contributed by atoms with Gasteiger partial charge in [-0.3, -0.25) is 0 Å². The molecule has 1 fully saturated rings. The Morgan fingerprint density at radius 3 is 2.83 bits per heavy atom. The normalized spacial score (nSPS) is 24.5. The summed E-state index contributed by atoms with van der Waals surface area (Å²) >= 11 is 2.07. The molecule has 2 unspecified atom stereocenters. The highest BCUT2D eigenvalue weighted by atomic mass is 32.2. The Morgan fingerprint density at radius 1 is 1.39 bits per heavy atom. The van der Waals surface area contributed by atoms with Crippen molar-refractivity contribution in [3.8, 4) is 0 Å². The van der Waals surface area contributed by atoms with E-state index in [1.807, 2.05) is 13.0 Å². The molecule has 0 saturated carbocycles. The van der Waals surface area contributed by atoms with Crippen LogP contribution >= 0.6 is 11.8 Å². The molecule has 18 heavy (non-hydrogen) atoms. The fourth-order valence-corrected chi connectivity index (χ4v) is 3.99. The summed E-state index contributed by atoms with van der Waals surface area (Å²) in [6.45, 7) is 7.57. The molecule has 0 aromatic heterocycles. The average molecular weight is 267 g/mol. The summed E-state index contributed by atoms with van der Waals surface area (Å²) in [5.41, 5.74) is 2.31. The minimum absolute atomic E-state index is 0.139. The number of hydrogen-bond donors (Lipinski definition) is 1. The predicted octanol–water partition coefficient (Wildman–Crippen LogP) is 4.07. The third-order valence-electron chi connectivity index (χ3n) is 3.43. The Balaban J connectivity index is 2.08. The highest BCUT2D eigenvalue weighted by molar-refractivity contribution is 8.00. The third-order valence-corrected chi connectivity index (χ3v) is 4.78. The van der Waals surface area contributed by atoms with E-state index in [4.69, 9.17) is 0 Å². The molecule has 1 aliphatic rings. The molecule has 1 N–H and O–H groups in total. The lowest BCUT2D eigenvalue weighted by atomic mass is 9.94. The molecule has 2 rings (SSSR count). The SMILES string of the molecule is Cc1cc(F)ccc1C1CC(SC(C)C)CCN1. The van der Waals surface area contributed by atoms with Crippen molar-refractivity contribution >= 4 is 11.8 Å². The van der Waals surface area contributed by atoms with Gasteiger partial charge in [-0.05, 0) is 54.8 Å². The number of hydrogen-bond acceptors (Lipinski definition) is 2. The van der Waals surface area contributed by atoms with Crippen molar-refractivity contribution in [1.82, 2.24) is 5.32 Å². The first-order chi connectivity index (χ1) is 8.56. The van der Waals surface area contributed by atoms with E-state index in [1.165, 1.54) is 12.0 Å². The molecule has 0 spiro atoms. The fraction of sp³-hybridized carbons (Fsp3) is 0.600. The molecule has 0 aliphatic carbocycles. The van der Waals surface area contributed by atoms with Crippen LogP contribution in [0.1, 0.15) is 43.9 Å². The molecule has 1 aromatic rings. The summed E-state index contributed by atoms with van der Waals surface area (Å²) < 4.78 is 13.1. The Bertz CT molecular complexity index is 405. The topological polar surface area (TPSA) is 12.0 Å². The number of rotatable bonds is 3. The van der Waals surface area contributed by atoms with Gasteiger partial charge in [-0.1, -0.05) is 19.9 Å². The fourth-order valence-electron chi connectivity index (χ4n) is 2.66. The molecule has 2 atom stereocenters. The molecule has 1 saturated heterocycles. The van der Waals surface area contributed by atoms with Gasteiger partial charge in [0.25, 0.3) is 0 Å². The number of nitrogens with one attached hydrogen (secondary N) is 1. The largest absolute Gasteiger partial charge is 0.310 e. The molecule has 0 radical (unpaired) electrons. The van der Waals surface area contributed by atoms with E-state index >= 15 is 0 Å². The van der Waals surface area contributed by atoms with E-state index in [0.717, 1.165) is 23.8 Å². The predicted molar refractivity (Wildman–Crippen MR) is 77.6 cm³/mol. The molecule has 0 amide bonds. The molecule has 1 aliphatic heterocycles. The van der Waals surface area contributed by atoms with Crippen LogP contribution < -0.4 is 5.32 Å². The van der Waals surface area contributed by atoms with Crippen molar-refractivity contribution in [2.75, 3.05) is 6.54 Å². The van der Waals surface area contributed by atoms with Crippen LogP contribution in [0.5, 0.6) is 0 Å². The first-order valence-electron chi connectivity index (χ1n) is 6.71. The van der Waals surface area contributed by atoms with Gasteiger partial charge in [0, 0.05) is 11.3 Å². The summed E-state index contributed by atoms with van der Waals surface area (Å²) in [6, 6.07) is 5.53. The van der Waals surface area contributed by atoms with Gasteiger partial charge in [0.1, 0.15) is 5.82 Å². The Morgan fingerprint density at radius 2 is 2.17 bits per heavy atom. The molecule has 1 nitrogen and oxygen atoms in total. The summed E-state index contributed by atoms with van der Waals surface area (Å²) in [4.78, 5) is 0. The van der Waals surface area contributed by atoms with Crippen molar-refractivity contribution in [2.45, 2.75) is 50.2 Å². The molecule has 0 bridgehead atoms. The van der Waals surface area contributed by atoms with Crippen molar-refractivity contribution < 1.29 is 4.39 Å². The van der Waals surface area contributed by atoms with Crippen LogP contribution in [0.15, 0.2) is 18.2 Å². The first-order valence-corrected chi connectivity index (χ1v) is 7.65. The highest BCUT2D eigenvalue weighted by Crippen LogP contribution is 2.33. The summed E-state index contributed by atoms with van der Waals surface area (Å²) in [5, 5.41) is 4.97. The number of halogens is 1. The Kier molecular flexibility index (Phi) is 4.68. The van der Waals surface area contributed by atoms with E-state index in [0.29, 0.717) is 11.3 Å². The van der Waals surface area contributed by atoms with Gasteiger partial charge in [0.15, 0.2) is 0 Å². The molecule has 100 valence electrons. The van der Waals surface area contributed by atoms with E-state index in [1.54, 1.807) is 12.1 Å². The van der Waals surface area contributed by atoms with Crippen molar-refractivity contribution in [3.05, 3.63) is 35.1 Å². The summed E-state index contributed by atoms with van der Waals surface area (Å²) in [5.74, 6) is -0.139. The van der Waals surface area contributed by atoms with E-state index in [-0.39, 0.29) is 5.82 Å². The number of piperidine rings is 1. The van der Waals surface area contributed by atoms with Crippen LogP contribution in [-0.4, -0.2) is 17.0 Å². The molecular formula is C15H22FNS. The standard InChI is InChI=1S/C15H22FNS/c1-10(2)18-13-6-7-17-15(9-13)14-5-4-12(16)8-11(14)3/h4-5,8,10,13,15,17H,6-7,9H2,1-3H3. The zero-order valence-corrected chi connectivity index (χ0v) is 12.2. The second-order valence-electron chi connectivity index (χ2n) is 5.34. The Labute approximate surface area is 114 Å². The number of thioether (sulfide) groups is 1. The monoisotopic (exact) mass is 267 g/mol.